The summed E-state index contributed by atoms with van der Waals surface area (Å²) in [6, 6.07) is 3.77. The molecule has 0 saturated carbocycles. The Kier molecular flexibility index (Phi) is 7.29. The van der Waals surface area contributed by atoms with Crippen LogP contribution in [-0.4, -0.2) is 32.5 Å². The normalized spacial score (nSPS) is 11.5. The number of hydrogen-bond acceptors (Lipinski definition) is 4. The summed E-state index contributed by atoms with van der Waals surface area (Å²) in [4.78, 5) is 0. The van der Waals surface area contributed by atoms with E-state index in [9.17, 15) is 5.11 Å². The van der Waals surface area contributed by atoms with Crippen molar-refractivity contribution in [2.75, 3.05) is 27.4 Å². The van der Waals surface area contributed by atoms with Gasteiger partial charge < -0.3 is 19.9 Å². The Bertz CT molecular complexity index is 439. The zero-order valence-corrected chi connectivity index (χ0v) is 14.1. The first-order valence-electron chi connectivity index (χ1n) is 7.28. The maximum Gasteiger partial charge on any atom is 0.179 e. The molecule has 0 radical (unpaired) electrons. The van der Waals surface area contributed by atoms with E-state index < -0.39 is 0 Å². The topological polar surface area (TPSA) is 50.7 Å². The van der Waals surface area contributed by atoms with Crippen molar-refractivity contribution in [2.24, 2.45) is 5.41 Å². The molecule has 1 aromatic rings. The molecule has 1 rings (SSSR count). The van der Waals surface area contributed by atoms with Crippen LogP contribution in [0.15, 0.2) is 12.1 Å². The number of methoxy groups -OCH3 is 2. The van der Waals surface area contributed by atoms with Crippen LogP contribution in [0.25, 0.3) is 0 Å². The molecular weight excluding hydrogens is 290 g/mol. The highest BCUT2D eigenvalue weighted by molar-refractivity contribution is 6.33. The summed E-state index contributed by atoms with van der Waals surface area (Å²) in [5.41, 5.74) is 0.886. The number of aliphatic hydroxyl groups is 1. The van der Waals surface area contributed by atoms with Crippen molar-refractivity contribution in [1.82, 2.24) is 5.32 Å². The fourth-order valence-corrected chi connectivity index (χ4v) is 2.61. The molecule has 0 aliphatic carbocycles. The molecule has 1 aromatic carbocycles. The standard InChI is InChI=1S/C16H26ClNO3/c1-5-16(6-2,11-19)10-18-9-12-7-8-13(20-3)15(21-4)14(12)17/h7-8,18-19H,5-6,9-11H2,1-4H3. The number of aliphatic hydroxyl groups excluding tert-OH is 1. The Morgan fingerprint density at radius 3 is 2.33 bits per heavy atom. The van der Waals surface area contributed by atoms with Crippen LogP contribution < -0.4 is 14.8 Å². The zero-order valence-electron chi connectivity index (χ0n) is 13.3. The van der Waals surface area contributed by atoms with E-state index in [1.807, 2.05) is 12.1 Å². The van der Waals surface area contributed by atoms with E-state index in [0.29, 0.717) is 23.1 Å². The Balaban J connectivity index is 2.76. The number of nitrogens with one attached hydrogen (secondary N) is 1. The number of hydrogen-bond donors (Lipinski definition) is 2. The quantitative estimate of drug-likeness (QED) is 0.734. The Labute approximate surface area is 132 Å². The van der Waals surface area contributed by atoms with Gasteiger partial charge in [0.25, 0.3) is 0 Å². The summed E-state index contributed by atoms with van der Waals surface area (Å²) in [6.07, 6.45) is 1.87. The Hall–Kier alpha value is -0.970. The van der Waals surface area contributed by atoms with Gasteiger partial charge in [0.05, 0.1) is 19.2 Å². The van der Waals surface area contributed by atoms with Crippen LogP contribution >= 0.6 is 11.6 Å². The molecule has 0 atom stereocenters. The summed E-state index contributed by atoms with van der Waals surface area (Å²) in [7, 11) is 3.16. The molecule has 0 aliphatic rings. The summed E-state index contributed by atoms with van der Waals surface area (Å²) in [5.74, 6) is 1.18. The van der Waals surface area contributed by atoms with Gasteiger partial charge in [-0.3, -0.25) is 0 Å². The summed E-state index contributed by atoms with van der Waals surface area (Å²) in [5, 5.41) is 13.5. The Morgan fingerprint density at radius 2 is 1.86 bits per heavy atom. The molecule has 0 fully saturated rings. The molecule has 0 unspecified atom stereocenters. The van der Waals surface area contributed by atoms with Crippen LogP contribution in [0.1, 0.15) is 32.3 Å². The van der Waals surface area contributed by atoms with E-state index in [1.54, 1.807) is 14.2 Å². The van der Waals surface area contributed by atoms with Gasteiger partial charge in [-0.25, -0.2) is 0 Å². The van der Waals surface area contributed by atoms with Crippen molar-refractivity contribution in [3.8, 4) is 11.5 Å². The number of halogens is 1. The lowest BCUT2D eigenvalue weighted by molar-refractivity contribution is 0.113. The molecule has 0 heterocycles. The largest absolute Gasteiger partial charge is 0.493 e. The van der Waals surface area contributed by atoms with Crippen molar-refractivity contribution >= 4 is 11.6 Å². The van der Waals surface area contributed by atoms with Gasteiger partial charge in [-0.2, -0.15) is 0 Å². The molecule has 120 valence electrons. The van der Waals surface area contributed by atoms with Crippen LogP contribution in [0.4, 0.5) is 0 Å². The van der Waals surface area contributed by atoms with Gasteiger partial charge >= 0.3 is 0 Å². The lowest BCUT2D eigenvalue weighted by atomic mass is 9.83. The van der Waals surface area contributed by atoms with E-state index in [4.69, 9.17) is 21.1 Å². The molecule has 0 aliphatic heterocycles. The van der Waals surface area contributed by atoms with Crippen LogP contribution in [0.5, 0.6) is 11.5 Å². The average Bonchev–Trinajstić information content (AvgIpc) is 2.53. The first kappa shape index (κ1) is 18.1. The van der Waals surface area contributed by atoms with Crippen LogP contribution in [-0.2, 0) is 6.54 Å². The summed E-state index contributed by atoms with van der Waals surface area (Å²) >= 11 is 6.35. The molecule has 4 nitrogen and oxygen atoms in total. The van der Waals surface area contributed by atoms with Gasteiger partial charge in [0.15, 0.2) is 11.5 Å². The molecule has 0 spiro atoms. The highest BCUT2D eigenvalue weighted by Gasteiger charge is 2.24. The minimum atomic E-state index is -0.0664. The lowest BCUT2D eigenvalue weighted by Gasteiger charge is -2.29. The van der Waals surface area contributed by atoms with Gasteiger partial charge in [0.1, 0.15) is 0 Å². The lowest BCUT2D eigenvalue weighted by Crippen LogP contribution is -2.36. The van der Waals surface area contributed by atoms with Gasteiger partial charge in [-0.15, -0.1) is 0 Å². The van der Waals surface area contributed by atoms with Crippen molar-refractivity contribution in [1.29, 1.82) is 0 Å². The van der Waals surface area contributed by atoms with Crippen LogP contribution in [0.2, 0.25) is 5.02 Å². The number of rotatable bonds is 9. The van der Waals surface area contributed by atoms with Crippen LogP contribution in [0.3, 0.4) is 0 Å². The third kappa shape index (κ3) is 4.25. The van der Waals surface area contributed by atoms with Gasteiger partial charge in [0.2, 0.25) is 0 Å². The first-order chi connectivity index (χ1) is 10.1. The maximum absolute atomic E-state index is 9.58. The first-order valence-corrected chi connectivity index (χ1v) is 7.66. The maximum atomic E-state index is 9.58. The van der Waals surface area contributed by atoms with E-state index in [-0.39, 0.29) is 12.0 Å². The molecular formula is C16H26ClNO3. The zero-order chi connectivity index (χ0) is 15.9. The molecule has 2 N–H and O–H groups in total. The minimum Gasteiger partial charge on any atom is -0.493 e. The average molecular weight is 316 g/mol. The molecule has 0 bridgehead atoms. The molecule has 21 heavy (non-hydrogen) atoms. The van der Waals surface area contributed by atoms with E-state index >= 15 is 0 Å². The van der Waals surface area contributed by atoms with E-state index in [0.717, 1.165) is 24.9 Å². The second-order valence-electron chi connectivity index (χ2n) is 5.24. The SMILES string of the molecule is CCC(CC)(CO)CNCc1ccc(OC)c(OC)c1Cl. The highest BCUT2D eigenvalue weighted by atomic mass is 35.5. The highest BCUT2D eigenvalue weighted by Crippen LogP contribution is 2.37. The van der Waals surface area contributed by atoms with Crippen molar-refractivity contribution in [3.05, 3.63) is 22.7 Å². The molecule has 0 amide bonds. The second kappa shape index (κ2) is 8.47. The smallest absolute Gasteiger partial charge is 0.179 e. The van der Waals surface area contributed by atoms with Crippen molar-refractivity contribution < 1.29 is 14.6 Å². The minimum absolute atomic E-state index is 0.0664. The fourth-order valence-electron chi connectivity index (χ4n) is 2.31. The fraction of sp³-hybridized carbons (Fsp3) is 0.625. The third-order valence-electron chi connectivity index (χ3n) is 4.22. The predicted octanol–water partition coefficient (Wildman–Crippen LogP) is 3.25. The summed E-state index contributed by atoms with van der Waals surface area (Å²) in [6.45, 7) is 5.77. The van der Waals surface area contributed by atoms with E-state index in [2.05, 4.69) is 19.2 Å². The van der Waals surface area contributed by atoms with Crippen LogP contribution in [0, 0.1) is 5.41 Å². The third-order valence-corrected chi connectivity index (χ3v) is 4.63. The predicted molar refractivity (Wildman–Crippen MR) is 86.4 cm³/mol. The second-order valence-corrected chi connectivity index (χ2v) is 5.62. The van der Waals surface area contributed by atoms with Gasteiger partial charge in [0, 0.05) is 25.1 Å². The number of ether oxygens (including phenoxy) is 2. The monoisotopic (exact) mass is 315 g/mol. The molecule has 0 aromatic heterocycles. The number of benzene rings is 1. The molecule has 5 heteroatoms. The van der Waals surface area contributed by atoms with Crippen molar-refractivity contribution in [2.45, 2.75) is 33.2 Å². The van der Waals surface area contributed by atoms with Crippen molar-refractivity contribution in [3.63, 3.8) is 0 Å². The van der Waals surface area contributed by atoms with E-state index in [1.165, 1.54) is 0 Å². The Morgan fingerprint density at radius 1 is 1.19 bits per heavy atom. The summed E-state index contributed by atoms with van der Waals surface area (Å²) < 4.78 is 10.5. The van der Waals surface area contributed by atoms with Gasteiger partial charge in [-0.05, 0) is 24.5 Å². The molecule has 0 saturated heterocycles. The van der Waals surface area contributed by atoms with Gasteiger partial charge in [-0.1, -0.05) is 31.5 Å².